The molecular formula is C27H15BrCl2F3N3OS. The molecule has 0 aliphatic carbocycles. The van der Waals surface area contributed by atoms with E-state index in [1.165, 1.54) is 41.2 Å². The Morgan fingerprint density at radius 3 is 2.50 bits per heavy atom. The second-order valence-electron chi connectivity index (χ2n) is 8.18. The number of aromatic nitrogens is 2. The lowest BCUT2D eigenvalue weighted by Crippen LogP contribution is -2.12. The quantitative estimate of drug-likeness (QED) is 0.189. The molecule has 0 aliphatic rings. The number of pyridine rings is 1. The van der Waals surface area contributed by atoms with Crippen molar-refractivity contribution in [2.24, 2.45) is 0 Å². The van der Waals surface area contributed by atoms with Crippen LogP contribution in [0.4, 0.5) is 18.9 Å². The van der Waals surface area contributed by atoms with Crippen molar-refractivity contribution in [2.75, 3.05) is 4.72 Å². The zero-order valence-corrected chi connectivity index (χ0v) is 23.0. The Morgan fingerprint density at radius 2 is 1.76 bits per heavy atom. The van der Waals surface area contributed by atoms with Gasteiger partial charge in [0, 0.05) is 39.1 Å². The molecule has 0 spiro atoms. The zero-order chi connectivity index (χ0) is 27.0. The lowest BCUT2D eigenvalue weighted by Gasteiger charge is -2.11. The third kappa shape index (κ3) is 5.29. The summed E-state index contributed by atoms with van der Waals surface area (Å²) in [6.45, 7) is 0. The number of nitrogens with zero attached hydrogens (tertiary/aromatic N) is 2. The van der Waals surface area contributed by atoms with E-state index in [1.807, 2.05) is 0 Å². The summed E-state index contributed by atoms with van der Waals surface area (Å²) in [4.78, 5) is 18.3. The van der Waals surface area contributed by atoms with E-state index in [4.69, 9.17) is 23.2 Å². The minimum atomic E-state index is -0.807. The highest BCUT2D eigenvalue weighted by Gasteiger charge is 2.23. The standard InChI is InChI=1S/C27H15BrCl2F3N3OS/c28-15-10-18-14(13-36(26(18)34-12-15)27(37)24-20(29)5-2-6-21(24)30)9-19-22(32)7-8-23(25(19)33)35-38-17-4-1-3-16(31)11-17/h1-8,10-13,35H,9H2. The summed E-state index contributed by atoms with van der Waals surface area (Å²) < 4.78 is 48.6. The Balaban J connectivity index is 1.53. The fourth-order valence-electron chi connectivity index (χ4n) is 3.94. The van der Waals surface area contributed by atoms with E-state index in [9.17, 15) is 13.6 Å². The lowest BCUT2D eigenvalue weighted by molar-refractivity contribution is 0.0964. The van der Waals surface area contributed by atoms with Gasteiger partial charge < -0.3 is 4.72 Å². The van der Waals surface area contributed by atoms with Crippen LogP contribution in [-0.2, 0) is 6.42 Å². The highest BCUT2D eigenvalue weighted by Crippen LogP contribution is 2.33. The van der Waals surface area contributed by atoms with Crippen LogP contribution in [0.1, 0.15) is 21.5 Å². The number of hydrogen-bond acceptors (Lipinski definition) is 4. The topological polar surface area (TPSA) is 46.9 Å². The van der Waals surface area contributed by atoms with Crippen molar-refractivity contribution >= 4 is 73.7 Å². The van der Waals surface area contributed by atoms with E-state index < -0.39 is 23.4 Å². The van der Waals surface area contributed by atoms with Gasteiger partial charge in [0.05, 0.1) is 21.3 Å². The SMILES string of the molecule is O=C(c1c(Cl)cccc1Cl)n1cc(Cc2c(F)ccc(NSc3cccc(F)c3)c2F)c2cc(Br)cnc21. The number of halogens is 6. The lowest BCUT2D eigenvalue weighted by atomic mass is 10.0. The van der Waals surface area contributed by atoms with Crippen molar-refractivity contribution in [3.63, 3.8) is 0 Å². The maximum atomic E-state index is 15.5. The molecule has 0 radical (unpaired) electrons. The number of hydrogen-bond donors (Lipinski definition) is 1. The summed E-state index contributed by atoms with van der Waals surface area (Å²) >= 11 is 16.9. The maximum Gasteiger partial charge on any atom is 0.266 e. The highest BCUT2D eigenvalue weighted by molar-refractivity contribution is 9.10. The molecule has 0 bridgehead atoms. The van der Waals surface area contributed by atoms with Crippen molar-refractivity contribution in [1.82, 2.24) is 9.55 Å². The van der Waals surface area contributed by atoms with Crippen LogP contribution in [0.3, 0.4) is 0 Å². The number of rotatable bonds is 6. The zero-order valence-electron chi connectivity index (χ0n) is 19.1. The van der Waals surface area contributed by atoms with Gasteiger partial charge in [-0.2, -0.15) is 0 Å². The van der Waals surface area contributed by atoms with E-state index in [2.05, 4.69) is 25.6 Å². The molecule has 0 amide bonds. The van der Waals surface area contributed by atoms with Crippen LogP contribution in [0.5, 0.6) is 0 Å². The Kier molecular flexibility index (Phi) is 7.72. The molecular weight excluding hydrogens is 622 g/mol. The van der Waals surface area contributed by atoms with Gasteiger partial charge in [-0.25, -0.2) is 18.2 Å². The van der Waals surface area contributed by atoms with Crippen molar-refractivity contribution < 1.29 is 18.0 Å². The third-order valence-corrected chi connectivity index (χ3v) is 7.59. The fraction of sp³-hybridized carbons (Fsp3) is 0.0370. The first kappa shape index (κ1) is 26.6. The number of carbonyl (C=O) groups excluding carboxylic acids is 1. The van der Waals surface area contributed by atoms with Crippen molar-refractivity contribution in [1.29, 1.82) is 0 Å². The summed E-state index contributed by atoms with van der Waals surface area (Å²) in [6.07, 6.45) is 2.81. The summed E-state index contributed by atoms with van der Waals surface area (Å²) in [5.74, 6) is -2.53. The second-order valence-corrected chi connectivity index (χ2v) is 10.8. The Bertz CT molecular complexity index is 1690. The molecule has 0 aliphatic heterocycles. The molecule has 2 heterocycles. The fourth-order valence-corrected chi connectivity index (χ4v) is 5.53. The summed E-state index contributed by atoms with van der Waals surface area (Å²) in [5, 5.41) is 0.839. The molecule has 0 unspecified atom stereocenters. The van der Waals surface area contributed by atoms with Crippen LogP contribution in [0.2, 0.25) is 10.0 Å². The summed E-state index contributed by atoms with van der Waals surface area (Å²) in [7, 11) is 0. The number of benzene rings is 3. The summed E-state index contributed by atoms with van der Waals surface area (Å²) in [5.41, 5.74) is 0.635. The van der Waals surface area contributed by atoms with E-state index in [-0.39, 0.29) is 38.9 Å². The Hall–Kier alpha value is -2.98. The highest BCUT2D eigenvalue weighted by atomic mass is 79.9. The molecule has 0 saturated carbocycles. The number of anilines is 1. The van der Waals surface area contributed by atoms with Gasteiger partial charge in [0.25, 0.3) is 5.91 Å². The van der Waals surface area contributed by atoms with E-state index in [0.717, 1.165) is 18.0 Å². The van der Waals surface area contributed by atoms with Crippen LogP contribution in [0, 0.1) is 17.5 Å². The van der Waals surface area contributed by atoms with E-state index >= 15 is 4.39 Å². The molecule has 38 heavy (non-hydrogen) atoms. The van der Waals surface area contributed by atoms with Crippen LogP contribution < -0.4 is 4.72 Å². The molecule has 5 aromatic rings. The largest absolute Gasteiger partial charge is 0.323 e. The monoisotopic (exact) mass is 635 g/mol. The number of carbonyl (C=O) groups is 1. The van der Waals surface area contributed by atoms with Gasteiger partial charge in [-0.05, 0) is 82.0 Å². The van der Waals surface area contributed by atoms with Crippen molar-refractivity contribution in [2.45, 2.75) is 11.3 Å². The first-order valence-electron chi connectivity index (χ1n) is 11.0. The molecule has 11 heteroatoms. The average molecular weight is 637 g/mol. The maximum absolute atomic E-state index is 15.5. The van der Waals surface area contributed by atoms with E-state index in [0.29, 0.717) is 20.3 Å². The molecule has 2 aromatic heterocycles. The van der Waals surface area contributed by atoms with Crippen molar-refractivity contribution in [3.05, 3.63) is 122 Å². The second kappa shape index (κ2) is 11.0. The minimum Gasteiger partial charge on any atom is -0.323 e. The minimum absolute atomic E-state index is 0.0256. The molecule has 0 atom stereocenters. The van der Waals surface area contributed by atoms with Gasteiger partial charge in [0.2, 0.25) is 0 Å². The molecule has 1 N–H and O–H groups in total. The van der Waals surface area contributed by atoms with E-state index in [1.54, 1.807) is 30.3 Å². The van der Waals surface area contributed by atoms with Gasteiger partial charge in [-0.15, -0.1) is 0 Å². The van der Waals surface area contributed by atoms with Crippen LogP contribution in [0.15, 0.2) is 82.4 Å². The van der Waals surface area contributed by atoms with Gasteiger partial charge in [-0.3, -0.25) is 9.36 Å². The van der Waals surface area contributed by atoms with Gasteiger partial charge in [0.15, 0.2) is 5.82 Å². The molecule has 3 aromatic carbocycles. The normalized spacial score (nSPS) is 11.2. The molecule has 0 fully saturated rings. The van der Waals surface area contributed by atoms with Gasteiger partial charge >= 0.3 is 0 Å². The van der Waals surface area contributed by atoms with Crippen molar-refractivity contribution in [3.8, 4) is 0 Å². The average Bonchev–Trinajstić information content (AvgIpc) is 3.23. The predicted octanol–water partition coefficient (Wildman–Crippen LogP) is 8.92. The van der Waals surface area contributed by atoms with Crippen LogP contribution >= 0.6 is 51.1 Å². The van der Waals surface area contributed by atoms with Crippen LogP contribution in [0.25, 0.3) is 11.0 Å². The van der Waals surface area contributed by atoms with Gasteiger partial charge in [0.1, 0.15) is 17.3 Å². The first-order valence-corrected chi connectivity index (χ1v) is 13.4. The summed E-state index contributed by atoms with van der Waals surface area (Å²) in [6, 6.07) is 14.6. The Labute approximate surface area is 238 Å². The van der Waals surface area contributed by atoms with Gasteiger partial charge in [-0.1, -0.05) is 35.3 Å². The van der Waals surface area contributed by atoms with Crippen LogP contribution in [-0.4, -0.2) is 15.5 Å². The molecule has 0 saturated heterocycles. The molecule has 192 valence electrons. The molecule has 4 nitrogen and oxygen atoms in total. The first-order chi connectivity index (χ1) is 18.2. The number of fused-ring (bicyclic) bond motifs is 1. The predicted molar refractivity (Wildman–Crippen MR) is 149 cm³/mol. The third-order valence-electron chi connectivity index (χ3n) is 5.72. The number of nitrogens with one attached hydrogen (secondary N) is 1. The Morgan fingerprint density at radius 1 is 1.03 bits per heavy atom. The smallest absolute Gasteiger partial charge is 0.266 e. The molecule has 5 rings (SSSR count).